The molecule has 0 aromatic heterocycles. The van der Waals surface area contributed by atoms with Gasteiger partial charge in [-0.25, -0.2) is 0 Å². The Kier molecular flexibility index (Phi) is 3.34. The average Bonchev–Trinajstić information content (AvgIpc) is 2.16. The van der Waals surface area contributed by atoms with Gasteiger partial charge in [-0.2, -0.15) is 0 Å². The van der Waals surface area contributed by atoms with Gasteiger partial charge in [0.15, 0.2) is 0 Å². The highest BCUT2D eigenvalue weighted by atomic mass is 16.5. The zero-order chi connectivity index (χ0) is 10.6. The van der Waals surface area contributed by atoms with Crippen molar-refractivity contribution in [1.82, 2.24) is 0 Å². The van der Waals surface area contributed by atoms with Crippen LogP contribution in [-0.2, 0) is 16.0 Å². The van der Waals surface area contributed by atoms with Gasteiger partial charge in [-0.3, -0.25) is 4.79 Å². The van der Waals surface area contributed by atoms with Crippen LogP contribution >= 0.6 is 0 Å². The summed E-state index contributed by atoms with van der Waals surface area (Å²) >= 11 is 0. The zero-order valence-electron chi connectivity index (χ0n) is 8.11. The van der Waals surface area contributed by atoms with E-state index in [1.807, 2.05) is 0 Å². The summed E-state index contributed by atoms with van der Waals surface area (Å²) in [6.07, 6.45) is 0.126. The van der Waals surface area contributed by atoms with Gasteiger partial charge in [0.2, 0.25) is 0 Å². The van der Waals surface area contributed by atoms with Crippen molar-refractivity contribution in [2.45, 2.75) is 6.42 Å². The molecule has 0 atom stereocenters. The molecule has 1 N–H and O–H groups in total. The van der Waals surface area contributed by atoms with Crippen LogP contribution in [0.4, 0.5) is 0 Å². The molecule has 0 saturated heterocycles. The van der Waals surface area contributed by atoms with Crippen molar-refractivity contribution in [3.8, 4) is 11.5 Å². The minimum atomic E-state index is -0.349. The Balaban J connectivity index is 2.86. The number of carbonyl (C=O) groups is 1. The Morgan fingerprint density at radius 3 is 2.64 bits per heavy atom. The first-order valence-corrected chi connectivity index (χ1v) is 4.09. The highest BCUT2D eigenvalue weighted by Gasteiger charge is 2.05. The normalized spacial score (nSPS) is 9.57. The van der Waals surface area contributed by atoms with Crippen LogP contribution in [0, 0.1) is 0 Å². The molecule has 1 rings (SSSR count). The fraction of sp³-hybridized carbons (Fsp3) is 0.300. The average molecular weight is 196 g/mol. The van der Waals surface area contributed by atoms with Crippen LogP contribution in [0.2, 0.25) is 0 Å². The molecule has 1 aromatic carbocycles. The maximum absolute atomic E-state index is 10.9. The first-order valence-electron chi connectivity index (χ1n) is 4.09. The summed E-state index contributed by atoms with van der Waals surface area (Å²) in [7, 11) is 2.82. The van der Waals surface area contributed by atoms with E-state index in [0.717, 1.165) is 0 Å². The maximum atomic E-state index is 10.9. The number of phenols is 1. The van der Waals surface area contributed by atoms with Crippen molar-refractivity contribution in [1.29, 1.82) is 0 Å². The van der Waals surface area contributed by atoms with E-state index >= 15 is 0 Å². The number of hydrogen-bond donors (Lipinski definition) is 1. The maximum Gasteiger partial charge on any atom is 0.309 e. The van der Waals surface area contributed by atoms with Crippen LogP contribution in [0.5, 0.6) is 11.5 Å². The first kappa shape index (κ1) is 10.4. The number of aromatic hydroxyl groups is 1. The summed E-state index contributed by atoms with van der Waals surface area (Å²) in [5.74, 6) is 0.241. The van der Waals surface area contributed by atoms with Crippen LogP contribution < -0.4 is 4.74 Å². The van der Waals surface area contributed by atoms with Crippen LogP contribution in [0.25, 0.3) is 0 Å². The number of methoxy groups -OCH3 is 2. The molecule has 0 spiro atoms. The van der Waals surface area contributed by atoms with E-state index in [-0.39, 0.29) is 18.1 Å². The van der Waals surface area contributed by atoms with Crippen LogP contribution in [-0.4, -0.2) is 25.3 Å². The number of rotatable bonds is 3. The number of ether oxygens (including phenoxy) is 2. The number of benzene rings is 1. The minimum absolute atomic E-state index is 0.0725. The molecule has 0 amide bonds. The van der Waals surface area contributed by atoms with Crippen molar-refractivity contribution in [3.05, 3.63) is 23.8 Å². The Bertz CT molecular complexity index is 333. The highest BCUT2D eigenvalue weighted by Crippen LogP contribution is 2.21. The summed E-state index contributed by atoms with van der Waals surface area (Å²) in [6, 6.07) is 4.65. The molecule has 4 nitrogen and oxygen atoms in total. The van der Waals surface area contributed by atoms with Gasteiger partial charge >= 0.3 is 5.97 Å². The molecule has 0 aliphatic carbocycles. The van der Waals surface area contributed by atoms with Crippen LogP contribution in [0.1, 0.15) is 5.56 Å². The smallest absolute Gasteiger partial charge is 0.309 e. The topological polar surface area (TPSA) is 55.8 Å². The molecule has 0 aliphatic heterocycles. The fourth-order valence-corrected chi connectivity index (χ4v) is 1.10. The fourth-order valence-electron chi connectivity index (χ4n) is 1.10. The molecule has 76 valence electrons. The monoisotopic (exact) mass is 196 g/mol. The lowest BCUT2D eigenvalue weighted by Gasteiger charge is -2.04. The molecule has 14 heavy (non-hydrogen) atoms. The van der Waals surface area contributed by atoms with Crippen LogP contribution in [0.3, 0.4) is 0 Å². The van der Waals surface area contributed by atoms with Gasteiger partial charge in [-0.1, -0.05) is 0 Å². The third-order valence-electron chi connectivity index (χ3n) is 1.76. The van der Waals surface area contributed by atoms with Gasteiger partial charge in [0.25, 0.3) is 0 Å². The minimum Gasteiger partial charge on any atom is -0.508 e. The number of esters is 1. The number of hydrogen-bond acceptors (Lipinski definition) is 4. The van der Waals surface area contributed by atoms with Crippen LogP contribution in [0.15, 0.2) is 18.2 Å². The summed E-state index contributed by atoms with van der Waals surface area (Å²) in [6.45, 7) is 0. The van der Waals surface area contributed by atoms with E-state index in [2.05, 4.69) is 4.74 Å². The second-order valence-electron chi connectivity index (χ2n) is 2.79. The van der Waals surface area contributed by atoms with Crippen molar-refractivity contribution >= 4 is 5.97 Å². The second-order valence-corrected chi connectivity index (χ2v) is 2.79. The molecule has 0 unspecified atom stereocenters. The Labute approximate surface area is 82.1 Å². The van der Waals surface area contributed by atoms with E-state index in [1.165, 1.54) is 26.4 Å². The Morgan fingerprint density at radius 1 is 1.36 bits per heavy atom. The van der Waals surface area contributed by atoms with E-state index in [1.54, 1.807) is 6.07 Å². The molecule has 0 heterocycles. The van der Waals surface area contributed by atoms with E-state index in [9.17, 15) is 9.90 Å². The standard InChI is InChI=1S/C10H12O4/c1-13-9-4-7(3-8(11)6-9)5-10(12)14-2/h3-4,6,11H,5H2,1-2H3. The quantitative estimate of drug-likeness (QED) is 0.736. The largest absolute Gasteiger partial charge is 0.508 e. The molecular formula is C10H12O4. The van der Waals surface area contributed by atoms with Crippen molar-refractivity contribution < 1.29 is 19.4 Å². The third kappa shape index (κ3) is 2.65. The summed E-state index contributed by atoms with van der Waals surface area (Å²) in [5, 5.41) is 9.28. The van der Waals surface area contributed by atoms with Crippen molar-refractivity contribution in [2.75, 3.05) is 14.2 Å². The molecule has 0 aliphatic rings. The van der Waals surface area contributed by atoms with E-state index in [0.29, 0.717) is 11.3 Å². The van der Waals surface area contributed by atoms with Gasteiger partial charge in [0.1, 0.15) is 11.5 Å². The van der Waals surface area contributed by atoms with Gasteiger partial charge in [-0.05, 0) is 17.7 Å². The lowest BCUT2D eigenvalue weighted by Crippen LogP contribution is -2.04. The van der Waals surface area contributed by atoms with Crippen molar-refractivity contribution in [3.63, 3.8) is 0 Å². The van der Waals surface area contributed by atoms with Gasteiger partial charge in [0, 0.05) is 6.07 Å². The lowest BCUT2D eigenvalue weighted by atomic mass is 10.1. The van der Waals surface area contributed by atoms with Gasteiger partial charge < -0.3 is 14.6 Å². The third-order valence-corrected chi connectivity index (χ3v) is 1.76. The predicted octanol–water partition coefficient (Wildman–Crippen LogP) is 1.12. The number of carbonyl (C=O) groups excluding carboxylic acids is 1. The first-order chi connectivity index (χ1) is 6.65. The zero-order valence-corrected chi connectivity index (χ0v) is 8.11. The Morgan fingerprint density at radius 2 is 2.07 bits per heavy atom. The molecule has 4 heteroatoms. The molecule has 0 radical (unpaired) electrons. The molecule has 1 aromatic rings. The van der Waals surface area contributed by atoms with Crippen molar-refractivity contribution in [2.24, 2.45) is 0 Å². The summed E-state index contributed by atoms with van der Waals surface area (Å²) in [4.78, 5) is 10.9. The molecule has 0 fully saturated rings. The Hall–Kier alpha value is -1.71. The predicted molar refractivity (Wildman–Crippen MR) is 50.4 cm³/mol. The van der Waals surface area contributed by atoms with Gasteiger partial charge in [-0.15, -0.1) is 0 Å². The van der Waals surface area contributed by atoms with Gasteiger partial charge in [0.05, 0.1) is 20.6 Å². The second kappa shape index (κ2) is 4.50. The molecular weight excluding hydrogens is 184 g/mol. The highest BCUT2D eigenvalue weighted by molar-refractivity contribution is 5.72. The SMILES string of the molecule is COC(=O)Cc1cc(O)cc(OC)c1. The summed E-state index contributed by atoms with van der Waals surface area (Å²) in [5.41, 5.74) is 0.661. The molecule has 0 saturated carbocycles. The number of phenolic OH excluding ortho intramolecular Hbond substituents is 1. The van der Waals surface area contributed by atoms with E-state index < -0.39 is 0 Å². The summed E-state index contributed by atoms with van der Waals surface area (Å²) < 4.78 is 9.44. The van der Waals surface area contributed by atoms with E-state index in [4.69, 9.17) is 4.74 Å². The molecule has 0 bridgehead atoms. The lowest BCUT2D eigenvalue weighted by molar-refractivity contribution is -0.139.